The molecule has 0 radical (unpaired) electrons. The van der Waals surface area contributed by atoms with Crippen molar-refractivity contribution < 1.29 is 4.79 Å². The number of nitrogens with zero attached hydrogens (tertiary/aromatic N) is 1. The first kappa shape index (κ1) is 10.9. The molecular weight excluding hydrogens is 226 g/mol. The maximum absolute atomic E-state index is 11.4. The van der Waals surface area contributed by atoms with E-state index in [-0.39, 0.29) is 12.0 Å². The molecule has 0 amide bonds. The Morgan fingerprint density at radius 2 is 2.06 bits per heavy atom. The SMILES string of the molecule is Cn1c(=O)ccc2c(CC=O)c(Cl)ccc21. The van der Waals surface area contributed by atoms with Crippen molar-refractivity contribution in [2.45, 2.75) is 6.42 Å². The number of aromatic nitrogens is 1. The number of pyridine rings is 1. The van der Waals surface area contributed by atoms with Gasteiger partial charge in [-0.05, 0) is 23.8 Å². The number of fused-ring (bicyclic) bond motifs is 1. The van der Waals surface area contributed by atoms with Gasteiger partial charge in [0.25, 0.3) is 5.56 Å². The van der Waals surface area contributed by atoms with E-state index in [1.807, 2.05) is 0 Å². The van der Waals surface area contributed by atoms with E-state index in [4.69, 9.17) is 11.6 Å². The molecule has 1 heterocycles. The fourth-order valence-electron chi connectivity index (χ4n) is 1.78. The monoisotopic (exact) mass is 235 g/mol. The van der Waals surface area contributed by atoms with Gasteiger partial charge in [0.15, 0.2) is 0 Å². The number of hydrogen-bond donors (Lipinski definition) is 0. The van der Waals surface area contributed by atoms with E-state index in [0.717, 1.165) is 22.8 Å². The van der Waals surface area contributed by atoms with Crippen molar-refractivity contribution in [3.8, 4) is 0 Å². The van der Waals surface area contributed by atoms with Gasteiger partial charge in [-0.3, -0.25) is 4.79 Å². The standard InChI is InChI=1S/C12H10ClNO2/c1-14-11-4-3-10(13)8(6-7-15)9(11)2-5-12(14)16/h2-5,7H,6H2,1H3. The summed E-state index contributed by atoms with van der Waals surface area (Å²) in [7, 11) is 1.70. The lowest BCUT2D eigenvalue weighted by Crippen LogP contribution is -2.15. The minimum atomic E-state index is -0.0770. The highest BCUT2D eigenvalue weighted by Crippen LogP contribution is 2.24. The van der Waals surface area contributed by atoms with E-state index >= 15 is 0 Å². The highest BCUT2D eigenvalue weighted by Gasteiger charge is 2.07. The Kier molecular flexibility index (Phi) is 2.79. The lowest BCUT2D eigenvalue weighted by molar-refractivity contribution is -0.107. The van der Waals surface area contributed by atoms with Crippen molar-refractivity contribution in [2.75, 3.05) is 0 Å². The highest BCUT2D eigenvalue weighted by molar-refractivity contribution is 6.32. The molecule has 2 aromatic rings. The van der Waals surface area contributed by atoms with E-state index in [0.29, 0.717) is 5.02 Å². The molecule has 0 aliphatic rings. The molecule has 0 fully saturated rings. The van der Waals surface area contributed by atoms with Gasteiger partial charge in [0, 0.05) is 29.9 Å². The first-order chi connectivity index (χ1) is 7.65. The number of aryl methyl sites for hydroxylation is 1. The number of aldehydes is 1. The van der Waals surface area contributed by atoms with Gasteiger partial charge < -0.3 is 9.36 Å². The number of benzene rings is 1. The van der Waals surface area contributed by atoms with E-state index < -0.39 is 0 Å². The molecule has 3 nitrogen and oxygen atoms in total. The maximum atomic E-state index is 11.4. The third-order valence-electron chi connectivity index (χ3n) is 2.65. The van der Waals surface area contributed by atoms with Gasteiger partial charge in [-0.15, -0.1) is 0 Å². The van der Waals surface area contributed by atoms with Crippen LogP contribution in [0, 0.1) is 0 Å². The number of carbonyl (C=O) groups is 1. The molecule has 1 aromatic heterocycles. The molecule has 2 rings (SSSR count). The van der Waals surface area contributed by atoms with E-state index in [9.17, 15) is 9.59 Å². The molecule has 0 saturated carbocycles. The van der Waals surface area contributed by atoms with Crippen LogP contribution >= 0.6 is 11.6 Å². The minimum Gasteiger partial charge on any atom is -0.311 e. The number of rotatable bonds is 2. The van der Waals surface area contributed by atoms with Crippen LogP contribution < -0.4 is 5.56 Å². The average molecular weight is 236 g/mol. The highest BCUT2D eigenvalue weighted by atomic mass is 35.5. The van der Waals surface area contributed by atoms with Crippen LogP contribution in [-0.2, 0) is 18.3 Å². The Balaban J connectivity index is 2.89. The molecule has 0 spiro atoms. The van der Waals surface area contributed by atoms with Crippen LogP contribution in [0.15, 0.2) is 29.1 Å². The topological polar surface area (TPSA) is 39.1 Å². The summed E-state index contributed by atoms with van der Waals surface area (Å²) in [5, 5.41) is 1.40. The lowest BCUT2D eigenvalue weighted by Gasteiger charge is -2.09. The minimum absolute atomic E-state index is 0.0770. The molecule has 0 aliphatic heterocycles. The van der Waals surface area contributed by atoms with Crippen molar-refractivity contribution in [3.05, 3.63) is 45.2 Å². The Labute approximate surface area is 97.3 Å². The van der Waals surface area contributed by atoms with Crippen LogP contribution in [0.3, 0.4) is 0 Å². The molecule has 0 saturated heterocycles. The zero-order valence-electron chi connectivity index (χ0n) is 8.74. The van der Waals surface area contributed by atoms with Crippen LogP contribution in [-0.4, -0.2) is 10.9 Å². The smallest absolute Gasteiger partial charge is 0.250 e. The number of carbonyl (C=O) groups excluding carboxylic acids is 1. The first-order valence-electron chi connectivity index (χ1n) is 4.86. The summed E-state index contributed by atoms with van der Waals surface area (Å²) < 4.78 is 1.54. The molecule has 0 unspecified atom stereocenters. The van der Waals surface area contributed by atoms with Crippen LogP contribution in [0.1, 0.15) is 5.56 Å². The Hall–Kier alpha value is -1.61. The summed E-state index contributed by atoms with van der Waals surface area (Å²) in [5.74, 6) is 0. The largest absolute Gasteiger partial charge is 0.311 e. The molecule has 0 atom stereocenters. The van der Waals surface area contributed by atoms with Crippen LogP contribution in [0.2, 0.25) is 5.02 Å². The maximum Gasteiger partial charge on any atom is 0.250 e. The fourth-order valence-corrected chi connectivity index (χ4v) is 2.02. The van der Waals surface area contributed by atoms with Crippen LogP contribution in [0.4, 0.5) is 0 Å². The molecule has 0 N–H and O–H groups in total. The molecule has 82 valence electrons. The van der Waals surface area contributed by atoms with E-state index in [2.05, 4.69) is 0 Å². The molecule has 0 aliphatic carbocycles. The van der Waals surface area contributed by atoms with Gasteiger partial charge in [0.1, 0.15) is 6.29 Å². The van der Waals surface area contributed by atoms with Gasteiger partial charge in [-0.1, -0.05) is 11.6 Å². The predicted molar refractivity (Wildman–Crippen MR) is 64.0 cm³/mol. The summed E-state index contributed by atoms with van der Waals surface area (Å²) in [5.41, 5.74) is 1.48. The second-order valence-corrected chi connectivity index (χ2v) is 3.97. The normalized spacial score (nSPS) is 10.6. The molecule has 0 bridgehead atoms. The molecule has 1 aromatic carbocycles. The lowest BCUT2D eigenvalue weighted by atomic mass is 10.1. The summed E-state index contributed by atoms with van der Waals surface area (Å²) in [6.45, 7) is 0. The summed E-state index contributed by atoms with van der Waals surface area (Å²) in [6.07, 6.45) is 1.07. The second kappa shape index (κ2) is 4.10. The average Bonchev–Trinajstić information content (AvgIpc) is 2.27. The Morgan fingerprint density at radius 3 is 2.75 bits per heavy atom. The van der Waals surface area contributed by atoms with Gasteiger partial charge >= 0.3 is 0 Å². The summed E-state index contributed by atoms with van der Waals surface area (Å²) in [4.78, 5) is 22.0. The number of hydrogen-bond acceptors (Lipinski definition) is 2. The third kappa shape index (κ3) is 1.63. The van der Waals surface area contributed by atoms with Gasteiger partial charge in [0.2, 0.25) is 0 Å². The predicted octanol–water partition coefficient (Wildman–Crippen LogP) is 1.93. The Bertz CT molecular complexity index is 616. The fraction of sp³-hybridized carbons (Fsp3) is 0.167. The first-order valence-corrected chi connectivity index (χ1v) is 5.23. The van der Waals surface area contributed by atoms with Gasteiger partial charge in [-0.25, -0.2) is 0 Å². The van der Waals surface area contributed by atoms with Crippen molar-refractivity contribution in [1.29, 1.82) is 0 Å². The van der Waals surface area contributed by atoms with Crippen molar-refractivity contribution in [3.63, 3.8) is 0 Å². The number of halogens is 1. The van der Waals surface area contributed by atoms with Gasteiger partial charge in [0.05, 0.1) is 5.52 Å². The van der Waals surface area contributed by atoms with E-state index in [1.165, 1.54) is 6.07 Å². The zero-order chi connectivity index (χ0) is 11.7. The van der Waals surface area contributed by atoms with Crippen LogP contribution in [0.25, 0.3) is 10.9 Å². The summed E-state index contributed by atoms with van der Waals surface area (Å²) in [6, 6.07) is 6.69. The van der Waals surface area contributed by atoms with Crippen LogP contribution in [0.5, 0.6) is 0 Å². The molecular formula is C12H10ClNO2. The van der Waals surface area contributed by atoms with Crippen molar-refractivity contribution in [2.24, 2.45) is 7.05 Å². The second-order valence-electron chi connectivity index (χ2n) is 3.56. The van der Waals surface area contributed by atoms with Crippen molar-refractivity contribution >= 4 is 28.8 Å². The quantitative estimate of drug-likeness (QED) is 0.747. The van der Waals surface area contributed by atoms with E-state index in [1.54, 1.807) is 29.8 Å². The third-order valence-corrected chi connectivity index (χ3v) is 3.00. The summed E-state index contributed by atoms with van der Waals surface area (Å²) >= 11 is 6.03. The Morgan fingerprint density at radius 1 is 1.31 bits per heavy atom. The van der Waals surface area contributed by atoms with Crippen molar-refractivity contribution in [1.82, 2.24) is 4.57 Å². The molecule has 4 heteroatoms. The molecule has 16 heavy (non-hydrogen) atoms. The zero-order valence-corrected chi connectivity index (χ0v) is 9.49. The van der Waals surface area contributed by atoms with Gasteiger partial charge in [-0.2, -0.15) is 0 Å².